The van der Waals surface area contributed by atoms with Crippen molar-refractivity contribution in [3.05, 3.63) is 50.8 Å². The normalized spacial score (nSPS) is 15.1. The zero-order valence-corrected chi connectivity index (χ0v) is 12.4. The predicted molar refractivity (Wildman–Crippen MR) is 73.4 cm³/mol. The second kappa shape index (κ2) is 5.28. The molecule has 1 saturated carbocycles. The molecule has 22 heavy (non-hydrogen) atoms. The van der Waals surface area contributed by atoms with Gasteiger partial charge < -0.3 is 4.52 Å². The summed E-state index contributed by atoms with van der Waals surface area (Å²) in [5.41, 5.74) is -1.25. The second-order valence-corrected chi connectivity index (χ2v) is 5.84. The van der Waals surface area contributed by atoms with Crippen LogP contribution in [0.4, 0.5) is 13.2 Å². The van der Waals surface area contributed by atoms with E-state index in [2.05, 4.69) is 5.16 Å². The fourth-order valence-electron chi connectivity index (χ4n) is 2.04. The average molecular weight is 350 g/mol. The highest BCUT2D eigenvalue weighted by atomic mass is 35.5. The van der Waals surface area contributed by atoms with Crippen LogP contribution in [0, 0.1) is 0 Å². The van der Waals surface area contributed by atoms with Crippen molar-refractivity contribution in [2.24, 2.45) is 0 Å². The van der Waals surface area contributed by atoms with Gasteiger partial charge in [0.1, 0.15) is 5.76 Å². The molecule has 1 heterocycles. The minimum Gasteiger partial charge on any atom is -0.360 e. The van der Waals surface area contributed by atoms with Crippen molar-refractivity contribution in [3.63, 3.8) is 0 Å². The van der Waals surface area contributed by atoms with Gasteiger partial charge in [0.05, 0.1) is 21.2 Å². The van der Waals surface area contributed by atoms with E-state index in [-0.39, 0.29) is 27.2 Å². The molecular formula is C14H8Cl2F3NO2. The van der Waals surface area contributed by atoms with Gasteiger partial charge in [-0.05, 0) is 25.0 Å². The molecule has 3 nitrogen and oxygen atoms in total. The van der Waals surface area contributed by atoms with Crippen molar-refractivity contribution in [2.45, 2.75) is 24.9 Å². The Morgan fingerprint density at radius 3 is 2.27 bits per heavy atom. The van der Waals surface area contributed by atoms with Crippen LogP contribution in [0.5, 0.6) is 0 Å². The zero-order valence-electron chi connectivity index (χ0n) is 10.9. The first kappa shape index (κ1) is 15.4. The molecule has 0 spiro atoms. The molecule has 3 rings (SSSR count). The maximum atomic E-state index is 12.7. The van der Waals surface area contributed by atoms with Crippen LogP contribution in [0.25, 0.3) is 0 Å². The van der Waals surface area contributed by atoms with E-state index in [4.69, 9.17) is 27.7 Å². The summed E-state index contributed by atoms with van der Waals surface area (Å²) in [5.74, 6) is 0.175. The number of carbonyl (C=O) groups excluding carboxylic acids is 1. The first-order valence-corrected chi connectivity index (χ1v) is 7.10. The van der Waals surface area contributed by atoms with Crippen molar-refractivity contribution in [1.82, 2.24) is 5.16 Å². The number of benzene rings is 1. The molecular weight excluding hydrogens is 342 g/mol. The molecule has 0 atom stereocenters. The third kappa shape index (κ3) is 2.85. The van der Waals surface area contributed by atoms with Gasteiger partial charge in [-0.2, -0.15) is 13.2 Å². The van der Waals surface area contributed by atoms with E-state index in [1.807, 2.05) is 0 Å². The average Bonchev–Trinajstić information content (AvgIpc) is 3.14. The number of halogens is 5. The van der Waals surface area contributed by atoms with Crippen molar-refractivity contribution in [2.75, 3.05) is 0 Å². The Bertz CT molecular complexity index is 728. The van der Waals surface area contributed by atoms with Gasteiger partial charge in [-0.15, -0.1) is 0 Å². The molecule has 0 bridgehead atoms. The molecule has 1 aliphatic rings. The molecule has 0 saturated heterocycles. The highest BCUT2D eigenvalue weighted by molar-refractivity contribution is 6.41. The summed E-state index contributed by atoms with van der Waals surface area (Å²) in [5, 5.41) is 2.89. The van der Waals surface area contributed by atoms with Crippen molar-refractivity contribution >= 4 is 29.0 Å². The Hall–Kier alpha value is -1.53. The Morgan fingerprint density at radius 2 is 1.77 bits per heavy atom. The van der Waals surface area contributed by atoms with Gasteiger partial charge in [0.2, 0.25) is 5.78 Å². The summed E-state index contributed by atoms with van der Waals surface area (Å²) < 4.78 is 43.1. The largest absolute Gasteiger partial charge is 0.416 e. The quantitative estimate of drug-likeness (QED) is 0.723. The van der Waals surface area contributed by atoms with E-state index in [9.17, 15) is 18.0 Å². The fourth-order valence-corrected chi connectivity index (χ4v) is 2.70. The Balaban J connectivity index is 1.97. The van der Waals surface area contributed by atoms with E-state index >= 15 is 0 Å². The Morgan fingerprint density at radius 1 is 1.18 bits per heavy atom. The van der Waals surface area contributed by atoms with Crippen LogP contribution in [-0.2, 0) is 6.18 Å². The highest BCUT2D eigenvalue weighted by Crippen LogP contribution is 2.41. The number of hydrogen-bond donors (Lipinski definition) is 0. The van der Waals surface area contributed by atoms with Crippen molar-refractivity contribution in [1.29, 1.82) is 0 Å². The fraction of sp³-hybridized carbons (Fsp3) is 0.286. The van der Waals surface area contributed by atoms with Gasteiger partial charge in [-0.25, -0.2) is 0 Å². The Kier molecular flexibility index (Phi) is 3.69. The van der Waals surface area contributed by atoms with Gasteiger partial charge in [0.25, 0.3) is 0 Å². The van der Waals surface area contributed by atoms with Crippen LogP contribution in [0.1, 0.15) is 46.1 Å². The van der Waals surface area contributed by atoms with Gasteiger partial charge in [-0.3, -0.25) is 4.79 Å². The molecule has 8 heteroatoms. The molecule has 2 aromatic rings. The summed E-state index contributed by atoms with van der Waals surface area (Å²) in [6, 6.07) is 2.81. The van der Waals surface area contributed by atoms with E-state index in [0.717, 1.165) is 12.8 Å². The first-order valence-electron chi connectivity index (χ1n) is 6.35. The lowest BCUT2D eigenvalue weighted by Crippen LogP contribution is -2.09. The number of alkyl halides is 3. The molecule has 1 aromatic heterocycles. The van der Waals surface area contributed by atoms with Crippen molar-refractivity contribution < 1.29 is 22.5 Å². The van der Waals surface area contributed by atoms with Crippen LogP contribution in [0.2, 0.25) is 10.0 Å². The lowest BCUT2D eigenvalue weighted by atomic mass is 10.0. The molecule has 1 aliphatic carbocycles. The summed E-state index contributed by atoms with van der Waals surface area (Å²) in [6.07, 6.45) is -2.67. The standard InChI is InChI=1S/C14H8Cl2F3NO2/c15-8-3-7(14(17,18)19)4-9(16)12(8)13(21)10-5-11(22-20-10)6-1-2-6/h3-6H,1-2H2. The number of ketones is 1. The van der Waals surface area contributed by atoms with Crippen LogP contribution >= 0.6 is 23.2 Å². The third-order valence-electron chi connectivity index (χ3n) is 3.34. The van der Waals surface area contributed by atoms with E-state index in [1.54, 1.807) is 0 Å². The second-order valence-electron chi connectivity index (χ2n) is 5.03. The van der Waals surface area contributed by atoms with Crippen LogP contribution in [0.3, 0.4) is 0 Å². The molecule has 116 valence electrons. The minimum atomic E-state index is -4.60. The molecule has 0 aliphatic heterocycles. The SMILES string of the molecule is O=C(c1cc(C2CC2)on1)c1c(Cl)cc(C(F)(F)F)cc1Cl. The number of carbonyl (C=O) groups is 1. The molecule has 1 aromatic carbocycles. The van der Waals surface area contributed by atoms with E-state index < -0.39 is 17.5 Å². The summed E-state index contributed by atoms with van der Waals surface area (Å²) in [6.45, 7) is 0. The van der Waals surface area contributed by atoms with Gasteiger partial charge in [-0.1, -0.05) is 28.4 Å². The molecule has 0 amide bonds. The number of aromatic nitrogens is 1. The van der Waals surface area contributed by atoms with Gasteiger partial charge in [0, 0.05) is 12.0 Å². The monoisotopic (exact) mass is 349 g/mol. The smallest absolute Gasteiger partial charge is 0.360 e. The maximum Gasteiger partial charge on any atom is 0.416 e. The molecule has 0 radical (unpaired) electrons. The molecule has 1 fully saturated rings. The van der Waals surface area contributed by atoms with E-state index in [1.165, 1.54) is 6.07 Å². The van der Waals surface area contributed by atoms with Gasteiger partial charge in [0.15, 0.2) is 5.69 Å². The van der Waals surface area contributed by atoms with E-state index in [0.29, 0.717) is 17.9 Å². The van der Waals surface area contributed by atoms with Crippen LogP contribution < -0.4 is 0 Å². The van der Waals surface area contributed by atoms with Crippen LogP contribution in [0.15, 0.2) is 22.7 Å². The lowest BCUT2D eigenvalue weighted by Gasteiger charge is -2.10. The lowest BCUT2D eigenvalue weighted by molar-refractivity contribution is -0.137. The number of hydrogen-bond acceptors (Lipinski definition) is 3. The topological polar surface area (TPSA) is 43.1 Å². The minimum absolute atomic E-state index is 0.0227. The third-order valence-corrected chi connectivity index (χ3v) is 3.93. The first-order chi connectivity index (χ1) is 10.3. The zero-order chi connectivity index (χ0) is 16.1. The number of nitrogens with zero attached hydrogens (tertiary/aromatic N) is 1. The summed E-state index contributed by atoms with van der Waals surface area (Å²) in [7, 11) is 0. The summed E-state index contributed by atoms with van der Waals surface area (Å²) >= 11 is 11.6. The molecule has 0 unspecified atom stereocenters. The number of rotatable bonds is 3. The predicted octanol–water partition coefficient (Wildman–Crippen LogP) is 5.11. The molecule has 0 N–H and O–H groups in total. The summed E-state index contributed by atoms with van der Waals surface area (Å²) in [4.78, 5) is 12.3. The highest BCUT2D eigenvalue weighted by Gasteiger charge is 2.34. The van der Waals surface area contributed by atoms with Crippen LogP contribution in [-0.4, -0.2) is 10.9 Å². The van der Waals surface area contributed by atoms with Crippen molar-refractivity contribution in [3.8, 4) is 0 Å². The van der Waals surface area contributed by atoms with Gasteiger partial charge >= 0.3 is 6.18 Å². The Labute approximate surface area is 133 Å². The maximum absolute atomic E-state index is 12.7.